The van der Waals surface area contributed by atoms with Crippen LogP contribution in [0.5, 0.6) is 5.75 Å². The van der Waals surface area contributed by atoms with E-state index >= 15 is 0 Å². The Bertz CT molecular complexity index is 505. The fraction of sp³-hybridized carbons (Fsp3) is 0.400. The monoisotopic (exact) mass is 243 g/mol. The molecule has 0 amide bonds. The normalized spacial score (nSPS) is 18.1. The van der Waals surface area contributed by atoms with E-state index in [1.807, 2.05) is 18.2 Å². The molecule has 1 aliphatic heterocycles. The minimum atomic E-state index is 0.134. The van der Waals surface area contributed by atoms with Gasteiger partial charge in [-0.2, -0.15) is 0 Å². The van der Waals surface area contributed by atoms with Crippen LogP contribution in [0.15, 0.2) is 29.8 Å². The van der Waals surface area contributed by atoms with Gasteiger partial charge in [-0.25, -0.2) is 0 Å². The first-order valence-electron chi connectivity index (χ1n) is 6.59. The summed E-state index contributed by atoms with van der Waals surface area (Å²) < 4.78 is 5.66. The second kappa shape index (κ2) is 4.84. The van der Waals surface area contributed by atoms with Crippen molar-refractivity contribution in [3.8, 4) is 5.75 Å². The number of fused-ring (bicyclic) bond motifs is 1. The molecule has 3 rings (SSSR count). The quantitative estimate of drug-likeness (QED) is 0.811. The molecule has 1 aliphatic carbocycles. The molecule has 1 aromatic rings. The Morgan fingerprint density at radius 1 is 1.28 bits per heavy atom. The van der Waals surface area contributed by atoms with Crippen molar-refractivity contribution in [3.63, 3.8) is 0 Å². The van der Waals surface area contributed by atoms with E-state index in [0.29, 0.717) is 12.2 Å². The summed E-state index contributed by atoms with van der Waals surface area (Å²) in [5.41, 5.74) is 2.58. The lowest BCUT2D eigenvalue weighted by molar-refractivity contribution is 0.102. The number of carbonyl (C=O) groups excluding carboxylic acids is 1. The van der Waals surface area contributed by atoms with Crippen molar-refractivity contribution in [1.82, 2.24) is 0 Å². The highest BCUT2D eigenvalue weighted by molar-refractivity contribution is 6.11. The lowest BCUT2D eigenvalue weighted by Gasteiger charge is -2.22. The zero-order valence-electron chi connectivity index (χ0n) is 10.4. The highest BCUT2D eigenvalue weighted by Gasteiger charge is 2.22. The van der Waals surface area contributed by atoms with Crippen molar-refractivity contribution in [2.75, 3.05) is 18.5 Å². The average Bonchev–Trinajstić information content (AvgIpc) is 2.47. The second-order valence-electron chi connectivity index (χ2n) is 4.76. The molecule has 0 fully saturated rings. The number of rotatable bonds is 2. The van der Waals surface area contributed by atoms with Crippen LogP contribution in [0, 0.1) is 0 Å². The summed E-state index contributed by atoms with van der Waals surface area (Å²) in [6.07, 6.45) is 6.32. The maximum absolute atomic E-state index is 12.5. The molecule has 2 aliphatic rings. The van der Waals surface area contributed by atoms with Crippen LogP contribution in [-0.2, 0) is 0 Å². The fourth-order valence-corrected chi connectivity index (χ4v) is 2.57. The Morgan fingerprint density at radius 2 is 2.22 bits per heavy atom. The highest BCUT2D eigenvalue weighted by Crippen LogP contribution is 2.34. The van der Waals surface area contributed by atoms with Gasteiger partial charge in [0, 0.05) is 6.54 Å². The van der Waals surface area contributed by atoms with Gasteiger partial charge in [0.2, 0.25) is 0 Å². The zero-order chi connectivity index (χ0) is 12.4. The molecule has 0 unspecified atom stereocenters. The Balaban J connectivity index is 1.96. The number of hydrogen-bond donors (Lipinski definition) is 1. The van der Waals surface area contributed by atoms with Crippen LogP contribution in [0.3, 0.4) is 0 Å². The SMILES string of the molecule is O=C(C1=CCCCC1)c1cccc2c1OCCN2. The Kier molecular flexibility index (Phi) is 3.05. The minimum absolute atomic E-state index is 0.134. The van der Waals surface area contributed by atoms with E-state index in [9.17, 15) is 4.79 Å². The van der Waals surface area contributed by atoms with Crippen molar-refractivity contribution in [2.24, 2.45) is 0 Å². The predicted octanol–water partition coefficient (Wildman–Crippen LogP) is 3.17. The summed E-state index contributed by atoms with van der Waals surface area (Å²) >= 11 is 0. The van der Waals surface area contributed by atoms with Crippen molar-refractivity contribution in [1.29, 1.82) is 0 Å². The van der Waals surface area contributed by atoms with E-state index in [1.165, 1.54) is 6.42 Å². The van der Waals surface area contributed by atoms with E-state index in [2.05, 4.69) is 11.4 Å². The molecule has 0 radical (unpaired) electrons. The summed E-state index contributed by atoms with van der Waals surface area (Å²) in [5, 5.41) is 3.26. The first kappa shape index (κ1) is 11.3. The first-order chi connectivity index (χ1) is 8.86. The van der Waals surface area contributed by atoms with Crippen molar-refractivity contribution in [3.05, 3.63) is 35.4 Å². The van der Waals surface area contributed by atoms with E-state index in [1.54, 1.807) is 0 Å². The lowest BCUT2D eigenvalue weighted by Crippen LogP contribution is -2.20. The van der Waals surface area contributed by atoms with Gasteiger partial charge < -0.3 is 10.1 Å². The van der Waals surface area contributed by atoms with Gasteiger partial charge in [-0.1, -0.05) is 12.1 Å². The number of carbonyl (C=O) groups is 1. The maximum atomic E-state index is 12.5. The Labute approximate surface area is 107 Å². The van der Waals surface area contributed by atoms with Gasteiger partial charge in [0.15, 0.2) is 11.5 Å². The molecule has 0 saturated carbocycles. The third-order valence-corrected chi connectivity index (χ3v) is 3.51. The molecular weight excluding hydrogens is 226 g/mol. The van der Waals surface area contributed by atoms with E-state index < -0.39 is 0 Å². The maximum Gasteiger partial charge on any atom is 0.192 e. The number of Topliss-reactive ketones (excluding diaryl/α,β-unsaturated/α-hetero) is 1. The summed E-state index contributed by atoms with van der Waals surface area (Å²) in [6, 6.07) is 5.74. The number of hydrogen-bond acceptors (Lipinski definition) is 3. The third kappa shape index (κ3) is 2.01. The van der Waals surface area contributed by atoms with Crippen molar-refractivity contribution < 1.29 is 9.53 Å². The molecule has 1 heterocycles. The molecule has 0 bridgehead atoms. The topological polar surface area (TPSA) is 38.3 Å². The molecule has 1 aromatic carbocycles. The molecule has 1 N–H and O–H groups in total. The smallest absolute Gasteiger partial charge is 0.192 e. The highest BCUT2D eigenvalue weighted by atomic mass is 16.5. The lowest BCUT2D eigenvalue weighted by atomic mass is 9.92. The van der Waals surface area contributed by atoms with Gasteiger partial charge in [-0.15, -0.1) is 0 Å². The van der Waals surface area contributed by atoms with Gasteiger partial charge in [0.25, 0.3) is 0 Å². The van der Waals surface area contributed by atoms with Gasteiger partial charge in [-0.05, 0) is 43.4 Å². The van der Waals surface area contributed by atoms with Crippen LogP contribution in [-0.4, -0.2) is 18.9 Å². The molecule has 94 valence electrons. The van der Waals surface area contributed by atoms with Crippen LogP contribution < -0.4 is 10.1 Å². The van der Waals surface area contributed by atoms with Crippen molar-refractivity contribution >= 4 is 11.5 Å². The van der Waals surface area contributed by atoms with E-state index in [0.717, 1.165) is 42.8 Å². The molecule has 0 atom stereocenters. The number of ketones is 1. The fourth-order valence-electron chi connectivity index (χ4n) is 2.57. The minimum Gasteiger partial charge on any atom is -0.489 e. The summed E-state index contributed by atoms with van der Waals surface area (Å²) in [4.78, 5) is 12.5. The number of allylic oxidation sites excluding steroid dienone is 2. The molecule has 0 aromatic heterocycles. The van der Waals surface area contributed by atoms with Gasteiger partial charge in [0.1, 0.15) is 6.61 Å². The van der Waals surface area contributed by atoms with Crippen molar-refractivity contribution in [2.45, 2.75) is 25.7 Å². The Morgan fingerprint density at radius 3 is 3.06 bits per heavy atom. The third-order valence-electron chi connectivity index (χ3n) is 3.51. The molecule has 0 saturated heterocycles. The first-order valence-corrected chi connectivity index (χ1v) is 6.59. The molecule has 3 nitrogen and oxygen atoms in total. The molecule has 18 heavy (non-hydrogen) atoms. The number of benzene rings is 1. The zero-order valence-corrected chi connectivity index (χ0v) is 10.4. The number of nitrogens with one attached hydrogen (secondary N) is 1. The van der Waals surface area contributed by atoms with Crippen LogP contribution in [0.25, 0.3) is 0 Å². The number of para-hydroxylation sites is 1. The van der Waals surface area contributed by atoms with Crippen LogP contribution in [0.1, 0.15) is 36.0 Å². The summed E-state index contributed by atoms with van der Waals surface area (Å²) in [7, 11) is 0. The molecule has 3 heteroatoms. The summed E-state index contributed by atoms with van der Waals surface area (Å²) in [5.74, 6) is 0.857. The second-order valence-corrected chi connectivity index (χ2v) is 4.76. The number of anilines is 1. The largest absolute Gasteiger partial charge is 0.489 e. The molecule has 0 spiro atoms. The number of ether oxygens (including phenoxy) is 1. The van der Waals surface area contributed by atoms with E-state index in [-0.39, 0.29) is 5.78 Å². The Hall–Kier alpha value is -1.77. The molecular formula is C15H17NO2. The summed E-state index contributed by atoms with van der Waals surface area (Å²) in [6.45, 7) is 1.42. The predicted molar refractivity (Wildman–Crippen MR) is 71.3 cm³/mol. The standard InChI is InChI=1S/C15H17NO2/c17-14(11-5-2-1-3-6-11)12-7-4-8-13-15(12)18-10-9-16-13/h4-5,7-8,16H,1-3,6,9-10H2. The van der Waals surface area contributed by atoms with Crippen LogP contribution in [0.4, 0.5) is 5.69 Å². The van der Waals surface area contributed by atoms with Crippen LogP contribution in [0.2, 0.25) is 0 Å². The van der Waals surface area contributed by atoms with Gasteiger partial charge in [-0.3, -0.25) is 4.79 Å². The van der Waals surface area contributed by atoms with Gasteiger partial charge >= 0.3 is 0 Å². The van der Waals surface area contributed by atoms with Crippen LogP contribution >= 0.6 is 0 Å². The van der Waals surface area contributed by atoms with E-state index in [4.69, 9.17) is 4.74 Å². The average molecular weight is 243 g/mol. The van der Waals surface area contributed by atoms with Gasteiger partial charge in [0.05, 0.1) is 11.3 Å².